The fourth-order valence-electron chi connectivity index (χ4n) is 3.84. The molecule has 0 bridgehead atoms. The molecule has 0 saturated carbocycles. The van der Waals surface area contributed by atoms with Crippen molar-refractivity contribution in [1.29, 1.82) is 0 Å². The Kier molecular flexibility index (Phi) is 6.17. The first-order chi connectivity index (χ1) is 14.3. The molecule has 150 valence electrons. The van der Waals surface area contributed by atoms with Gasteiger partial charge in [-0.2, -0.15) is 0 Å². The molecule has 5 heteroatoms. The molecule has 1 aliphatic rings. The van der Waals surface area contributed by atoms with Crippen LogP contribution in [0.3, 0.4) is 0 Å². The van der Waals surface area contributed by atoms with E-state index in [-0.39, 0.29) is 12.0 Å². The van der Waals surface area contributed by atoms with Gasteiger partial charge in [-0.15, -0.1) is 0 Å². The topological polar surface area (TPSA) is 68.5 Å². The number of nitrogens with zero attached hydrogens (tertiary/aromatic N) is 2. The molecule has 4 rings (SSSR count). The van der Waals surface area contributed by atoms with Crippen molar-refractivity contribution >= 4 is 16.8 Å². The van der Waals surface area contributed by atoms with E-state index in [9.17, 15) is 4.79 Å². The van der Waals surface area contributed by atoms with Crippen molar-refractivity contribution in [3.8, 4) is 11.3 Å². The van der Waals surface area contributed by atoms with Crippen molar-refractivity contribution in [3.05, 3.63) is 66.2 Å². The minimum atomic E-state index is 0.0705. The Bertz CT molecular complexity index is 966. The molecule has 3 aromatic rings. The van der Waals surface area contributed by atoms with Crippen LogP contribution in [0, 0.1) is 0 Å². The first-order valence-electron chi connectivity index (χ1n) is 10.3. The zero-order valence-electron chi connectivity index (χ0n) is 16.6. The molecule has 1 aromatic heterocycles. The predicted octanol–water partition coefficient (Wildman–Crippen LogP) is 3.87. The van der Waals surface area contributed by atoms with E-state index in [2.05, 4.69) is 0 Å². The molecule has 2 N–H and O–H groups in total. The van der Waals surface area contributed by atoms with Gasteiger partial charge in [0.05, 0.1) is 22.9 Å². The number of carbonyl (C=O) groups excluding carboxylic acids is 1. The van der Waals surface area contributed by atoms with E-state index in [4.69, 9.17) is 15.5 Å². The molecule has 2 aromatic carbocycles. The van der Waals surface area contributed by atoms with Crippen LogP contribution in [0.5, 0.6) is 0 Å². The second-order valence-electron chi connectivity index (χ2n) is 7.44. The molecule has 0 unspecified atom stereocenters. The van der Waals surface area contributed by atoms with Crippen LogP contribution in [-0.4, -0.2) is 48.1 Å². The summed E-state index contributed by atoms with van der Waals surface area (Å²) in [5.41, 5.74) is 8.94. The van der Waals surface area contributed by atoms with Gasteiger partial charge >= 0.3 is 0 Å². The number of fused-ring (bicyclic) bond motifs is 1. The van der Waals surface area contributed by atoms with Crippen molar-refractivity contribution in [3.63, 3.8) is 0 Å². The largest absolute Gasteiger partial charge is 0.378 e. The molecule has 29 heavy (non-hydrogen) atoms. The molecular weight excluding hydrogens is 362 g/mol. The van der Waals surface area contributed by atoms with Crippen LogP contribution in [0.4, 0.5) is 0 Å². The third kappa shape index (κ3) is 4.47. The maximum Gasteiger partial charge on any atom is 0.254 e. The maximum absolute atomic E-state index is 13.4. The van der Waals surface area contributed by atoms with Crippen molar-refractivity contribution in [1.82, 2.24) is 9.88 Å². The number of carbonyl (C=O) groups is 1. The van der Waals surface area contributed by atoms with Gasteiger partial charge in [0.25, 0.3) is 5.91 Å². The fraction of sp³-hybridized carbons (Fsp3) is 0.333. The van der Waals surface area contributed by atoms with E-state index >= 15 is 0 Å². The highest BCUT2D eigenvalue weighted by atomic mass is 16.5. The second kappa shape index (κ2) is 9.16. The van der Waals surface area contributed by atoms with Crippen LogP contribution in [-0.2, 0) is 4.74 Å². The Labute approximate surface area is 171 Å². The van der Waals surface area contributed by atoms with E-state index < -0.39 is 0 Å². The molecule has 0 atom stereocenters. The first-order valence-corrected chi connectivity index (χ1v) is 10.3. The number of pyridine rings is 1. The van der Waals surface area contributed by atoms with Gasteiger partial charge in [0, 0.05) is 30.6 Å². The SMILES string of the molecule is NCCCOC1CCN(C(=O)c2cc(-c3ccccc3)nc3ccccc23)CC1. The molecule has 5 nitrogen and oxygen atoms in total. The summed E-state index contributed by atoms with van der Waals surface area (Å²) in [6, 6.07) is 19.8. The number of piperidine rings is 1. The maximum atomic E-state index is 13.4. The van der Waals surface area contributed by atoms with E-state index in [1.807, 2.05) is 65.6 Å². The zero-order chi connectivity index (χ0) is 20.1. The second-order valence-corrected chi connectivity index (χ2v) is 7.44. The third-order valence-electron chi connectivity index (χ3n) is 5.45. The van der Waals surface area contributed by atoms with E-state index in [0.717, 1.165) is 47.0 Å². The highest BCUT2D eigenvalue weighted by molar-refractivity contribution is 6.07. The number of hydrogen-bond acceptors (Lipinski definition) is 4. The Balaban J connectivity index is 1.58. The van der Waals surface area contributed by atoms with Gasteiger partial charge in [-0.05, 0) is 37.9 Å². The summed E-state index contributed by atoms with van der Waals surface area (Å²) >= 11 is 0. The van der Waals surface area contributed by atoms with Crippen LogP contribution in [0.2, 0.25) is 0 Å². The molecule has 0 spiro atoms. The number of aromatic nitrogens is 1. The lowest BCUT2D eigenvalue weighted by atomic mass is 10.0. The quantitative estimate of drug-likeness (QED) is 0.650. The Morgan fingerprint density at radius 3 is 2.55 bits per heavy atom. The lowest BCUT2D eigenvalue weighted by Gasteiger charge is -2.32. The van der Waals surface area contributed by atoms with Gasteiger partial charge in [-0.3, -0.25) is 4.79 Å². The standard InChI is InChI=1S/C24H27N3O2/c25-13-6-16-29-19-11-14-27(15-12-19)24(28)21-17-23(18-7-2-1-3-8-18)26-22-10-5-4-9-20(21)22/h1-5,7-10,17,19H,6,11-16,25H2. The van der Waals surface area contributed by atoms with Gasteiger partial charge in [0.1, 0.15) is 0 Å². The summed E-state index contributed by atoms with van der Waals surface area (Å²) in [6.45, 7) is 2.77. The summed E-state index contributed by atoms with van der Waals surface area (Å²) < 4.78 is 5.88. The minimum Gasteiger partial charge on any atom is -0.378 e. The van der Waals surface area contributed by atoms with Gasteiger partial charge in [-0.25, -0.2) is 4.98 Å². The van der Waals surface area contributed by atoms with E-state index in [0.29, 0.717) is 26.2 Å². The molecule has 0 aliphatic carbocycles. The highest BCUT2D eigenvalue weighted by Gasteiger charge is 2.25. The average Bonchev–Trinajstić information content (AvgIpc) is 2.79. The van der Waals surface area contributed by atoms with Gasteiger partial charge in [0.2, 0.25) is 0 Å². The molecule has 1 amide bonds. The highest BCUT2D eigenvalue weighted by Crippen LogP contribution is 2.27. The molecule has 1 aliphatic heterocycles. The number of para-hydroxylation sites is 1. The molecule has 2 heterocycles. The van der Waals surface area contributed by atoms with Crippen LogP contribution < -0.4 is 5.73 Å². The summed E-state index contributed by atoms with van der Waals surface area (Å²) in [6.07, 6.45) is 2.83. The Morgan fingerprint density at radius 2 is 1.79 bits per heavy atom. The smallest absolute Gasteiger partial charge is 0.254 e. The van der Waals surface area contributed by atoms with E-state index in [1.54, 1.807) is 0 Å². The Hall–Kier alpha value is -2.76. The third-order valence-corrected chi connectivity index (χ3v) is 5.45. The molecule has 1 fully saturated rings. The molecular formula is C24H27N3O2. The van der Waals surface area contributed by atoms with Gasteiger partial charge < -0.3 is 15.4 Å². The number of amides is 1. The van der Waals surface area contributed by atoms with Crippen LogP contribution in [0.25, 0.3) is 22.2 Å². The normalized spacial score (nSPS) is 15.0. The summed E-state index contributed by atoms with van der Waals surface area (Å²) in [5.74, 6) is 0.0705. The number of benzene rings is 2. The first kappa shape index (κ1) is 19.6. The van der Waals surface area contributed by atoms with E-state index in [1.165, 1.54) is 0 Å². The zero-order valence-corrected chi connectivity index (χ0v) is 16.6. The summed E-state index contributed by atoms with van der Waals surface area (Å²) in [7, 11) is 0. The van der Waals surface area contributed by atoms with Gasteiger partial charge in [0.15, 0.2) is 0 Å². The Morgan fingerprint density at radius 1 is 1.07 bits per heavy atom. The van der Waals surface area contributed by atoms with Crippen LogP contribution >= 0.6 is 0 Å². The van der Waals surface area contributed by atoms with Crippen LogP contribution in [0.15, 0.2) is 60.7 Å². The van der Waals surface area contributed by atoms with Gasteiger partial charge in [-0.1, -0.05) is 48.5 Å². The number of nitrogens with two attached hydrogens (primary N) is 1. The lowest BCUT2D eigenvalue weighted by Crippen LogP contribution is -2.41. The number of rotatable bonds is 6. The monoisotopic (exact) mass is 389 g/mol. The van der Waals surface area contributed by atoms with Crippen molar-refractivity contribution in [2.24, 2.45) is 5.73 Å². The van der Waals surface area contributed by atoms with Crippen molar-refractivity contribution in [2.45, 2.75) is 25.4 Å². The minimum absolute atomic E-state index is 0.0705. The fourth-order valence-corrected chi connectivity index (χ4v) is 3.84. The lowest BCUT2D eigenvalue weighted by molar-refractivity contribution is 0.00850. The predicted molar refractivity (Wildman–Crippen MR) is 116 cm³/mol. The number of ether oxygens (including phenoxy) is 1. The van der Waals surface area contributed by atoms with Crippen molar-refractivity contribution in [2.75, 3.05) is 26.2 Å². The number of likely N-dealkylation sites (tertiary alicyclic amines) is 1. The van der Waals surface area contributed by atoms with Crippen LogP contribution in [0.1, 0.15) is 29.6 Å². The average molecular weight is 389 g/mol. The van der Waals surface area contributed by atoms with Crippen molar-refractivity contribution < 1.29 is 9.53 Å². The molecule has 0 radical (unpaired) electrons. The number of hydrogen-bond donors (Lipinski definition) is 1. The summed E-state index contributed by atoms with van der Waals surface area (Å²) in [5, 5.41) is 0.901. The summed E-state index contributed by atoms with van der Waals surface area (Å²) in [4.78, 5) is 20.1. The molecule has 1 saturated heterocycles.